The standard InChI is InChI=1S/C18H22N4O3S/c1-6-21-15-13(24-4)8-9-14(25-5)16(15)26-18(21)19-17(23)12-10-11(3)22(7-2)20-12/h8-10H,6-7H2,1-5H3. The number of carbonyl (C=O) groups excluding carboxylic acids is 1. The Balaban J connectivity index is 2.20. The lowest BCUT2D eigenvalue weighted by molar-refractivity contribution is 0.0992. The molecule has 0 unspecified atom stereocenters. The van der Waals surface area contributed by atoms with Crippen molar-refractivity contribution in [3.63, 3.8) is 0 Å². The molecule has 2 heterocycles. The third kappa shape index (κ3) is 3.01. The maximum Gasteiger partial charge on any atom is 0.300 e. The van der Waals surface area contributed by atoms with Gasteiger partial charge in [0.05, 0.1) is 14.2 Å². The van der Waals surface area contributed by atoms with Gasteiger partial charge < -0.3 is 14.0 Å². The molecule has 0 saturated carbocycles. The van der Waals surface area contributed by atoms with Crippen LogP contribution in [0, 0.1) is 6.92 Å². The van der Waals surface area contributed by atoms with E-state index < -0.39 is 0 Å². The second-order valence-corrected chi connectivity index (χ2v) is 6.66. The Hall–Kier alpha value is -2.61. The summed E-state index contributed by atoms with van der Waals surface area (Å²) in [5, 5.41) is 4.32. The number of benzene rings is 1. The average Bonchev–Trinajstić information content (AvgIpc) is 3.20. The molecule has 3 aromatic rings. The zero-order valence-electron chi connectivity index (χ0n) is 15.6. The Morgan fingerprint density at radius 3 is 2.46 bits per heavy atom. The lowest BCUT2D eigenvalue weighted by atomic mass is 10.3. The maximum absolute atomic E-state index is 12.6. The van der Waals surface area contributed by atoms with E-state index in [1.807, 2.05) is 37.5 Å². The van der Waals surface area contributed by atoms with Gasteiger partial charge in [-0.15, -0.1) is 0 Å². The molecule has 0 radical (unpaired) electrons. The van der Waals surface area contributed by atoms with Gasteiger partial charge in [-0.1, -0.05) is 11.3 Å². The number of aromatic nitrogens is 3. The minimum Gasteiger partial charge on any atom is -0.495 e. The van der Waals surface area contributed by atoms with E-state index in [1.54, 1.807) is 25.0 Å². The first-order valence-corrected chi connectivity index (χ1v) is 9.23. The van der Waals surface area contributed by atoms with Crippen LogP contribution in [0.4, 0.5) is 0 Å². The number of hydrogen-bond donors (Lipinski definition) is 0. The Morgan fingerprint density at radius 1 is 1.19 bits per heavy atom. The monoisotopic (exact) mass is 374 g/mol. The predicted molar refractivity (Wildman–Crippen MR) is 101 cm³/mol. The lowest BCUT2D eigenvalue weighted by Gasteiger charge is -2.08. The van der Waals surface area contributed by atoms with Crippen molar-refractivity contribution in [1.82, 2.24) is 14.3 Å². The van der Waals surface area contributed by atoms with Gasteiger partial charge in [0.2, 0.25) is 0 Å². The maximum atomic E-state index is 12.6. The molecule has 2 aromatic heterocycles. The fourth-order valence-electron chi connectivity index (χ4n) is 2.91. The van der Waals surface area contributed by atoms with Crippen molar-refractivity contribution in [3.8, 4) is 11.5 Å². The number of methoxy groups -OCH3 is 2. The molecule has 0 fully saturated rings. The van der Waals surface area contributed by atoms with Gasteiger partial charge in [0.1, 0.15) is 21.7 Å². The fraction of sp³-hybridized carbons (Fsp3) is 0.389. The first-order valence-electron chi connectivity index (χ1n) is 8.41. The molecule has 8 heteroatoms. The van der Waals surface area contributed by atoms with Gasteiger partial charge >= 0.3 is 0 Å². The molecule has 26 heavy (non-hydrogen) atoms. The van der Waals surface area contributed by atoms with E-state index in [1.165, 1.54) is 11.3 Å². The smallest absolute Gasteiger partial charge is 0.300 e. The average molecular weight is 374 g/mol. The van der Waals surface area contributed by atoms with Crippen LogP contribution in [-0.4, -0.2) is 34.5 Å². The number of hydrogen-bond acceptors (Lipinski definition) is 5. The fourth-order valence-corrected chi connectivity index (χ4v) is 4.11. The summed E-state index contributed by atoms with van der Waals surface area (Å²) in [6, 6.07) is 5.48. The van der Waals surface area contributed by atoms with Gasteiger partial charge in [0, 0.05) is 18.8 Å². The molecular formula is C18H22N4O3S. The molecular weight excluding hydrogens is 352 g/mol. The quantitative estimate of drug-likeness (QED) is 0.688. The van der Waals surface area contributed by atoms with Gasteiger partial charge in [0.25, 0.3) is 5.91 Å². The zero-order chi connectivity index (χ0) is 18.8. The highest BCUT2D eigenvalue weighted by atomic mass is 32.1. The second-order valence-electron chi connectivity index (χ2n) is 5.68. The van der Waals surface area contributed by atoms with E-state index in [0.717, 1.165) is 27.4 Å². The molecule has 0 aliphatic heterocycles. The summed E-state index contributed by atoms with van der Waals surface area (Å²) in [4.78, 5) is 17.6. The Bertz CT molecular complexity index is 1030. The van der Waals surface area contributed by atoms with Crippen LogP contribution in [0.2, 0.25) is 0 Å². The zero-order valence-corrected chi connectivity index (χ0v) is 16.4. The van der Waals surface area contributed by atoms with Crippen molar-refractivity contribution in [2.45, 2.75) is 33.9 Å². The van der Waals surface area contributed by atoms with Gasteiger partial charge in [-0.05, 0) is 39.0 Å². The molecule has 7 nitrogen and oxygen atoms in total. The van der Waals surface area contributed by atoms with E-state index >= 15 is 0 Å². The van der Waals surface area contributed by atoms with Crippen LogP contribution in [0.5, 0.6) is 11.5 Å². The van der Waals surface area contributed by atoms with Crippen molar-refractivity contribution in [1.29, 1.82) is 0 Å². The molecule has 0 aliphatic carbocycles. The van der Waals surface area contributed by atoms with Crippen molar-refractivity contribution >= 4 is 27.5 Å². The SMILES string of the molecule is CCn1nc(C(=O)N=c2sc3c(OC)ccc(OC)c3n2CC)cc1C. The highest BCUT2D eigenvalue weighted by molar-refractivity contribution is 7.16. The van der Waals surface area contributed by atoms with Crippen molar-refractivity contribution in [2.75, 3.05) is 14.2 Å². The van der Waals surface area contributed by atoms with Crippen LogP contribution in [-0.2, 0) is 13.1 Å². The summed E-state index contributed by atoms with van der Waals surface area (Å²) in [6.45, 7) is 7.28. The Kier molecular flexibility index (Phi) is 5.13. The van der Waals surface area contributed by atoms with Crippen LogP contribution in [0.15, 0.2) is 23.2 Å². The number of fused-ring (bicyclic) bond motifs is 1. The summed E-state index contributed by atoms with van der Waals surface area (Å²) >= 11 is 1.40. The molecule has 0 N–H and O–H groups in total. The number of thiazole rings is 1. The highest BCUT2D eigenvalue weighted by Gasteiger charge is 2.17. The van der Waals surface area contributed by atoms with Gasteiger partial charge in [-0.2, -0.15) is 10.1 Å². The topological polar surface area (TPSA) is 70.6 Å². The van der Waals surface area contributed by atoms with E-state index in [9.17, 15) is 4.79 Å². The largest absolute Gasteiger partial charge is 0.495 e. The van der Waals surface area contributed by atoms with Gasteiger partial charge in [-0.25, -0.2) is 0 Å². The first kappa shape index (κ1) is 18.2. The first-order chi connectivity index (χ1) is 12.5. The molecule has 1 amide bonds. The molecule has 0 aliphatic rings. The number of nitrogens with zero attached hydrogens (tertiary/aromatic N) is 4. The van der Waals surface area contributed by atoms with Crippen molar-refractivity contribution < 1.29 is 14.3 Å². The predicted octanol–water partition coefficient (Wildman–Crippen LogP) is 3.01. The lowest BCUT2D eigenvalue weighted by Crippen LogP contribution is -2.16. The van der Waals surface area contributed by atoms with E-state index in [0.29, 0.717) is 23.6 Å². The highest BCUT2D eigenvalue weighted by Crippen LogP contribution is 2.35. The van der Waals surface area contributed by atoms with Crippen LogP contribution < -0.4 is 14.3 Å². The van der Waals surface area contributed by atoms with E-state index in [-0.39, 0.29) is 5.91 Å². The minimum atomic E-state index is -0.355. The summed E-state index contributed by atoms with van der Waals surface area (Å²) in [6.07, 6.45) is 0. The summed E-state index contributed by atoms with van der Waals surface area (Å²) in [5.41, 5.74) is 2.17. The van der Waals surface area contributed by atoms with E-state index in [4.69, 9.17) is 9.47 Å². The third-order valence-electron chi connectivity index (χ3n) is 4.21. The third-order valence-corrected chi connectivity index (χ3v) is 5.30. The second kappa shape index (κ2) is 7.33. The van der Waals surface area contributed by atoms with Gasteiger partial charge in [0.15, 0.2) is 10.5 Å². The molecule has 1 aromatic carbocycles. The van der Waals surface area contributed by atoms with Crippen LogP contribution in [0.1, 0.15) is 30.0 Å². The van der Waals surface area contributed by atoms with Crippen molar-refractivity contribution in [3.05, 3.63) is 34.4 Å². The molecule has 0 atom stereocenters. The van der Waals surface area contributed by atoms with E-state index in [2.05, 4.69) is 10.1 Å². The number of ether oxygens (including phenoxy) is 2. The normalized spacial score (nSPS) is 12.0. The number of amides is 1. The molecule has 0 spiro atoms. The summed E-state index contributed by atoms with van der Waals surface area (Å²) in [7, 11) is 3.25. The molecule has 0 bridgehead atoms. The number of rotatable bonds is 5. The Labute approximate surface area is 155 Å². The van der Waals surface area contributed by atoms with Crippen LogP contribution >= 0.6 is 11.3 Å². The molecule has 0 saturated heterocycles. The Morgan fingerprint density at radius 2 is 1.88 bits per heavy atom. The van der Waals surface area contributed by atoms with Gasteiger partial charge in [-0.3, -0.25) is 9.48 Å². The number of carbonyl (C=O) groups is 1. The molecule has 138 valence electrons. The minimum absolute atomic E-state index is 0.350. The summed E-state index contributed by atoms with van der Waals surface area (Å²) < 4.78 is 15.6. The van der Waals surface area contributed by atoms with Crippen LogP contribution in [0.3, 0.4) is 0 Å². The van der Waals surface area contributed by atoms with Crippen LogP contribution in [0.25, 0.3) is 10.2 Å². The number of aryl methyl sites for hydroxylation is 3. The molecule has 3 rings (SSSR count). The summed E-state index contributed by atoms with van der Waals surface area (Å²) in [5.74, 6) is 1.10. The van der Waals surface area contributed by atoms with Crippen molar-refractivity contribution in [2.24, 2.45) is 4.99 Å².